The van der Waals surface area contributed by atoms with E-state index >= 15 is 0 Å². The van der Waals surface area contributed by atoms with Crippen LogP contribution in [0.15, 0.2) is 18.2 Å². The van der Waals surface area contributed by atoms with Gasteiger partial charge in [0.25, 0.3) is 0 Å². The van der Waals surface area contributed by atoms with Gasteiger partial charge in [-0.1, -0.05) is 0 Å². The molecule has 17 heavy (non-hydrogen) atoms. The number of rotatable bonds is 3. The van der Waals surface area contributed by atoms with Crippen LogP contribution < -0.4 is 5.32 Å². The molecule has 0 aromatic heterocycles. The lowest BCUT2D eigenvalue weighted by atomic mass is 9.83. The predicted molar refractivity (Wildman–Crippen MR) is 62.3 cm³/mol. The first-order valence-corrected chi connectivity index (χ1v) is 5.70. The predicted octanol–water partition coefficient (Wildman–Crippen LogP) is 2.09. The number of benzene rings is 1. The number of phenols is 1. The zero-order chi connectivity index (χ0) is 12.6. The van der Waals surface area contributed by atoms with Crippen LogP contribution in [-0.4, -0.2) is 17.1 Å². The number of carbonyl (C=O) groups is 1. The summed E-state index contributed by atoms with van der Waals surface area (Å²) in [5, 5.41) is 12.3. The molecular weight excluding hydrogens is 221 g/mol. The van der Waals surface area contributed by atoms with Gasteiger partial charge in [0.15, 0.2) is 0 Å². The first kappa shape index (κ1) is 11.9. The summed E-state index contributed by atoms with van der Waals surface area (Å²) in [5.74, 6) is -0.829. The van der Waals surface area contributed by atoms with Gasteiger partial charge in [-0.15, -0.1) is 0 Å². The summed E-state index contributed by atoms with van der Waals surface area (Å²) >= 11 is 0. The van der Waals surface area contributed by atoms with Crippen LogP contribution in [0.4, 0.5) is 4.39 Å². The largest absolute Gasteiger partial charge is 0.508 e. The maximum Gasteiger partial charge on any atom is 0.230 e. The van der Waals surface area contributed by atoms with Crippen LogP contribution in [0.2, 0.25) is 0 Å². The Labute approximate surface area is 99.7 Å². The van der Waals surface area contributed by atoms with Crippen LogP contribution in [0, 0.1) is 5.82 Å². The zero-order valence-electron chi connectivity index (χ0n) is 9.96. The Morgan fingerprint density at radius 1 is 1.41 bits per heavy atom. The van der Waals surface area contributed by atoms with Gasteiger partial charge in [-0.05, 0) is 44.4 Å². The summed E-state index contributed by atoms with van der Waals surface area (Å²) in [7, 11) is 0. The molecule has 0 unspecified atom stereocenters. The van der Waals surface area contributed by atoms with Crippen LogP contribution in [-0.2, 0) is 10.2 Å². The van der Waals surface area contributed by atoms with E-state index in [1.807, 2.05) is 0 Å². The summed E-state index contributed by atoms with van der Waals surface area (Å²) in [6, 6.07) is 4.00. The number of amides is 1. The molecule has 1 aromatic rings. The smallest absolute Gasteiger partial charge is 0.230 e. The van der Waals surface area contributed by atoms with Crippen molar-refractivity contribution in [2.24, 2.45) is 0 Å². The molecule has 1 aliphatic rings. The van der Waals surface area contributed by atoms with E-state index in [1.54, 1.807) is 13.8 Å². The molecule has 1 aromatic carbocycles. The third kappa shape index (κ3) is 2.57. The van der Waals surface area contributed by atoms with Crippen LogP contribution in [0.1, 0.15) is 32.3 Å². The average molecular weight is 237 g/mol. The number of hydrogen-bond acceptors (Lipinski definition) is 2. The normalized spacial score (nSPS) is 15.7. The third-order valence-electron chi connectivity index (χ3n) is 3.08. The maximum atomic E-state index is 13.2. The van der Waals surface area contributed by atoms with E-state index in [9.17, 15) is 14.3 Å². The molecule has 0 heterocycles. The van der Waals surface area contributed by atoms with Crippen molar-refractivity contribution < 1.29 is 14.3 Å². The number of nitrogens with one attached hydrogen (secondary N) is 1. The van der Waals surface area contributed by atoms with E-state index in [0.717, 1.165) is 18.9 Å². The fraction of sp³-hybridized carbons (Fsp3) is 0.462. The van der Waals surface area contributed by atoms with Crippen LogP contribution >= 0.6 is 0 Å². The molecule has 2 N–H and O–H groups in total. The van der Waals surface area contributed by atoms with Gasteiger partial charge in [0, 0.05) is 12.1 Å². The molecule has 1 saturated carbocycles. The van der Waals surface area contributed by atoms with E-state index in [-0.39, 0.29) is 17.7 Å². The minimum Gasteiger partial charge on any atom is -0.508 e. The highest BCUT2D eigenvalue weighted by molar-refractivity contribution is 5.87. The van der Waals surface area contributed by atoms with Gasteiger partial charge >= 0.3 is 0 Å². The maximum absolute atomic E-state index is 13.2. The molecule has 2 rings (SSSR count). The fourth-order valence-electron chi connectivity index (χ4n) is 1.66. The number of hydrogen-bond donors (Lipinski definition) is 2. The van der Waals surface area contributed by atoms with Crippen molar-refractivity contribution in [3.8, 4) is 5.75 Å². The molecule has 0 spiro atoms. The first-order chi connectivity index (χ1) is 7.89. The lowest BCUT2D eigenvalue weighted by molar-refractivity contribution is -0.125. The Bertz CT molecular complexity index is 432. The van der Waals surface area contributed by atoms with Gasteiger partial charge < -0.3 is 10.4 Å². The standard InChI is InChI=1S/C13H16FNO2/c1-13(2,12(17)15-10-3-4-10)8-5-9(14)7-11(16)6-8/h5-7,10,16H,3-4H2,1-2H3,(H,15,17). The summed E-state index contributed by atoms with van der Waals surface area (Å²) in [4.78, 5) is 12.0. The number of halogens is 1. The highest BCUT2D eigenvalue weighted by Gasteiger charge is 2.34. The monoisotopic (exact) mass is 237 g/mol. The number of phenolic OH excluding ortho intramolecular Hbond substituents is 1. The first-order valence-electron chi connectivity index (χ1n) is 5.70. The number of aromatic hydroxyl groups is 1. The lowest BCUT2D eigenvalue weighted by Gasteiger charge is -2.24. The summed E-state index contributed by atoms with van der Waals surface area (Å²) in [5.41, 5.74) is -0.365. The second kappa shape index (κ2) is 4.02. The van der Waals surface area contributed by atoms with Crippen molar-refractivity contribution in [1.82, 2.24) is 5.32 Å². The third-order valence-corrected chi connectivity index (χ3v) is 3.08. The molecule has 0 aliphatic heterocycles. The van der Waals surface area contributed by atoms with Crippen molar-refractivity contribution in [1.29, 1.82) is 0 Å². The molecule has 0 bridgehead atoms. The quantitative estimate of drug-likeness (QED) is 0.845. The molecule has 1 amide bonds. The average Bonchev–Trinajstić information content (AvgIpc) is 3.00. The molecule has 3 nitrogen and oxygen atoms in total. The van der Waals surface area contributed by atoms with Gasteiger partial charge in [0.05, 0.1) is 5.41 Å². The topological polar surface area (TPSA) is 49.3 Å². The van der Waals surface area contributed by atoms with Crippen LogP contribution in [0.25, 0.3) is 0 Å². The van der Waals surface area contributed by atoms with Gasteiger partial charge in [0.2, 0.25) is 5.91 Å². The van der Waals surface area contributed by atoms with Crippen LogP contribution in [0.3, 0.4) is 0 Å². The minimum atomic E-state index is -0.845. The Morgan fingerprint density at radius 3 is 2.59 bits per heavy atom. The summed E-state index contributed by atoms with van der Waals surface area (Å²) in [6.07, 6.45) is 2.02. The molecule has 1 aliphatic carbocycles. The van der Waals surface area contributed by atoms with E-state index in [4.69, 9.17) is 0 Å². The highest BCUT2D eigenvalue weighted by Crippen LogP contribution is 2.29. The van der Waals surface area contributed by atoms with Crippen molar-refractivity contribution >= 4 is 5.91 Å². The van der Waals surface area contributed by atoms with Crippen LogP contribution in [0.5, 0.6) is 5.75 Å². The minimum absolute atomic E-state index is 0.134. The van der Waals surface area contributed by atoms with E-state index in [1.165, 1.54) is 12.1 Å². The zero-order valence-corrected chi connectivity index (χ0v) is 9.96. The number of carbonyl (C=O) groups excluding carboxylic acids is 1. The molecule has 0 saturated heterocycles. The Hall–Kier alpha value is -1.58. The Kier molecular flexibility index (Phi) is 2.81. The Balaban J connectivity index is 2.25. The van der Waals surface area contributed by atoms with Gasteiger partial charge in [0.1, 0.15) is 11.6 Å². The summed E-state index contributed by atoms with van der Waals surface area (Å²) in [6.45, 7) is 3.44. The summed E-state index contributed by atoms with van der Waals surface area (Å²) < 4.78 is 13.2. The van der Waals surface area contributed by atoms with Gasteiger partial charge in [-0.3, -0.25) is 4.79 Å². The van der Waals surface area contributed by atoms with Gasteiger partial charge in [-0.25, -0.2) is 4.39 Å². The fourth-order valence-corrected chi connectivity index (χ4v) is 1.66. The van der Waals surface area contributed by atoms with E-state index in [0.29, 0.717) is 5.56 Å². The molecular formula is C13H16FNO2. The Morgan fingerprint density at radius 2 is 2.06 bits per heavy atom. The molecule has 1 fully saturated rings. The highest BCUT2D eigenvalue weighted by atomic mass is 19.1. The molecule has 0 atom stereocenters. The van der Waals surface area contributed by atoms with Crippen molar-refractivity contribution in [3.63, 3.8) is 0 Å². The van der Waals surface area contributed by atoms with E-state index < -0.39 is 11.2 Å². The van der Waals surface area contributed by atoms with Crippen molar-refractivity contribution in [3.05, 3.63) is 29.6 Å². The second-order valence-electron chi connectivity index (χ2n) is 5.07. The molecule has 0 radical (unpaired) electrons. The van der Waals surface area contributed by atoms with E-state index in [2.05, 4.69) is 5.32 Å². The van der Waals surface area contributed by atoms with Crippen molar-refractivity contribution in [2.45, 2.75) is 38.1 Å². The SMILES string of the molecule is CC(C)(C(=O)NC1CC1)c1cc(O)cc(F)c1. The molecule has 92 valence electrons. The van der Waals surface area contributed by atoms with Gasteiger partial charge in [-0.2, -0.15) is 0 Å². The lowest BCUT2D eigenvalue weighted by Crippen LogP contribution is -2.41. The second-order valence-corrected chi connectivity index (χ2v) is 5.07. The molecule has 4 heteroatoms. The van der Waals surface area contributed by atoms with Crippen molar-refractivity contribution in [2.75, 3.05) is 0 Å².